The summed E-state index contributed by atoms with van der Waals surface area (Å²) >= 11 is 1.77. The fourth-order valence-electron chi connectivity index (χ4n) is 5.14. The summed E-state index contributed by atoms with van der Waals surface area (Å²) in [7, 11) is 0. The lowest BCUT2D eigenvalue weighted by Gasteiger charge is -2.28. The number of carbonyl (C=O) groups excluding carboxylic acids is 1. The molecule has 33 heavy (non-hydrogen) atoms. The normalized spacial score (nSPS) is 21.5. The van der Waals surface area contributed by atoms with Gasteiger partial charge in [-0.2, -0.15) is 15.0 Å². The van der Waals surface area contributed by atoms with E-state index in [4.69, 9.17) is 4.98 Å². The van der Waals surface area contributed by atoms with Gasteiger partial charge < -0.3 is 9.47 Å². The fraction of sp³-hybridized carbons (Fsp3) is 0.360. The van der Waals surface area contributed by atoms with Crippen LogP contribution in [0.25, 0.3) is 16.7 Å². The lowest BCUT2D eigenvalue weighted by atomic mass is 10.1. The van der Waals surface area contributed by atoms with E-state index < -0.39 is 0 Å². The molecule has 7 nitrogen and oxygen atoms in total. The second-order valence-corrected chi connectivity index (χ2v) is 9.95. The highest BCUT2D eigenvalue weighted by molar-refractivity contribution is 7.99. The van der Waals surface area contributed by atoms with E-state index in [0.29, 0.717) is 17.4 Å². The van der Waals surface area contributed by atoms with Crippen molar-refractivity contribution in [3.8, 4) is 5.69 Å². The average molecular weight is 459 g/mol. The van der Waals surface area contributed by atoms with E-state index in [0.717, 1.165) is 40.8 Å². The summed E-state index contributed by atoms with van der Waals surface area (Å²) in [6.07, 6.45) is 4.50. The van der Waals surface area contributed by atoms with Crippen LogP contribution in [0.4, 0.5) is 0 Å². The second-order valence-electron chi connectivity index (χ2n) is 8.96. The first-order chi connectivity index (χ1) is 16.1. The van der Waals surface area contributed by atoms with Crippen LogP contribution in [0.1, 0.15) is 29.3 Å². The van der Waals surface area contributed by atoms with Gasteiger partial charge in [-0.25, -0.2) is 4.98 Å². The minimum absolute atomic E-state index is 0.0767. The van der Waals surface area contributed by atoms with Crippen molar-refractivity contribution in [2.24, 2.45) is 11.8 Å². The Bertz CT molecular complexity index is 1330. The fourth-order valence-corrected chi connectivity index (χ4v) is 6.43. The Balaban J connectivity index is 1.28. The maximum absolute atomic E-state index is 13.8. The van der Waals surface area contributed by atoms with E-state index in [-0.39, 0.29) is 11.9 Å². The highest BCUT2D eigenvalue weighted by Gasteiger charge is 2.54. The predicted octanol–water partition coefficient (Wildman–Crippen LogP) is 4.20. The van der Waals surface area contributed by atoms with Gasteiger partial charge in [0, 0.05) is 24.9 Å². The standard InChI is InChI=1S/C25H26N6OS/c1-3-29-22-7-5-4-6-20(22)28-25(29)33-15-23-18-13-17(18)14-30(23)24(32)19-12-16(2)8-9-21(19)31-26-10-11-27-31/h4-12,17-18,23H,3,13-15H2,1-2H3/t17-,18-,23-/m1/s1. The van der Waals surface area contributed by atoms with Crippen LogP contribution in [-0.4, -0.2) is 53.7 Å². The van der Waals surface area contributed by atoms with Gasteiger partial charge in [0.05, 0.1) is 34.7 Å². The number of hydrogen-bond acceptors (Lipinski definition) is 5. The van der Waals surface area contributed by atoms with Gasteiger partial charge in [-0.15, -0.1) is 0 Å². The number of fused-ring (bicyclic) bond motifs is 2. The number of thioether (sulfide) groups is 1. The number of imidazole rings is 1. The molecule has 0 unspecified atom stereocenters. The van der Waals surface area contributed by atoms with Crippen molar-refractivity contribution in [3.05, 3.63) is 66.0 Å². The molecule has 0 radical (unpaired) electrons. The Morgan fingerprint density at radius 1 is 1.15 bits per heavy atom. The van der Waals surface area contributed by atoms with Gasteiger partial charge in [-0.3, -0.25) is 4.79 Å². The van der Waals surface area contributed by atoms with Crippen LogP contribution in [0.15, 0.2) is 60.0 Å². The van der Waals surface area contributed by atoms with E-state index >= 15 is 0 Å². The van der Waals surface area contributed by atoms with Crippen molar-refractivity contribution in [1.82, 2.24) is 29.4 Å². The minimum atomic E-state index is 0.0767. The van der Waals surface area contributed by atoms with Gasteiger partial charge >= 0.3 is 0 Å². The maximum Gasteiger partial charge on any atom is 0.256 e. The number of benzene rings is 2. The van der Waals surface area contributed by atoms with Gasteiger partial charge in [-0.05, 0) is 56.4 Å². The number of piperidine rings is 1. The zero-order chi connectivity index (χ0) is 22.5. The van der Waals surface area contributed by atoms with Gasteiger partial charge in [0.2, 0.25) is 0 Å². The molecule has 6 rings (SSSR count). The Morgan fingerprint density at radius 3 is 2.79 bits per heavy atom. The zero-order valence-electron chi connectivity index (χ0n) is 18.8. The van der Waals surface area contributed by atoms with Crippen LogP contribution in [0.5, 0.6) is 0 Å². The number of nitrogens with zero attached hydrogens (tertiary/aromatic N) is 6. The molecule has 0 N–H and O–H groups in total. The van der Waals surface area contributed by atoms with Crippen LogP contribution in [-0.2, 0) is 6.54 Å². The molecule has 2 aromatic carbocycles. The van der Waals surface area contributed by atoms with E-state index in [9.17, 15) is 4.79 Å². The second kappa shape index (κ2) is 8.02. The van der Waals surface area contributed by atoms with Crippen molar-refractivity contribution in [2.45, 2.75) is 38.0 Å². The third-order valence-electron chi connectivity index (χ3n) is 6.90. The highest BCUT2D eigenvalue weighted by atomic mass is 32.2. The average Bonchev–Trinajstić information content (AvgIpc) is 3.19. The van der Waals surface area contributed by atoms with Crippen molar-refractivity contribution in [1.29, 1.82) is 0 Å². The van der Waals surface area contributed by atoms with Gasteiger partial charge in [0.25, 0.3) is 5.91 Å². The van der Waals surface area contributed by atoms with Gasteiger partial charge in [-0.1, -0.05) is 35.5 Å². The van der Waals surface area contributed by atoms with E-state index in [1.807, 2.05) is 31.2 Å². The van der Waals surface area contributed by atoms with Gasteiger partial charge in [0.1, 0.15) is 0 Å². The number of hydrogen-bond donors (Lipinski definition) is 0. The van der Waals surface area contributed by atoms with E-state index in [2.05, 4.69) is 44.8 Å². The van der Waals surface area contributed by atoms with Crippen LogP contribution >= 0.6 is 11.8 Å². The summed E-state index contributed by atoms with van der Waals surface area (Å²) in [5.41, 5.74) is 4.66. The summed E-state index contributed by atoms with van der Waals surface area (Å²) in [5.74, 6) is 2.16. The Kier molecular flexibility index (Phi) is 4.98. The van der Waals surface area contributed by atoms with Crippen molar-refractivity contribution in [2.75, 3.05) is 12.3 Å². The molecule has 0 spiro atoms. The van der Waals surface area contributed by atoms with Crippen molar-refractivity contribution in [3.63, 3.8) is 0 Å². The van der Waals surface area contributed by atoms with E-state index in [1.165, 1.54) is 16.7 Å². The van der Waals surface area contributed by atoms with Crippen LogP contribution in [0.3, 0.4) is 0 Å². The van der Waals surface area contributed by atoms with Crippen LogP contribution in [0.2, 0.25) is 0 Å². The Morgan fingerprint density at radius 2 is 1.97 bits per heavy atom. The number of amides is 1. The SMILES string of the molecule is CCn1c(SC[C@@H]2[C@@H]3C[C@@H]3CN2C(=O)c2cc(C)ccc2-n2nccn2)nc2ccccc21. The number of aromatic nitrogens is 5. The molecule has 1 saturated carbocycles. The number of aryl methyl sites for hydroxylation is 2. The van der Waals surface area contributed by atoms with E-state index in [1.54, 1.807) is 24.2 Å². The molecule has 1 aliphatic carbocycles. The quantitative estimate of drug-likeness (QED) is 0.405. The molecule has 3 atom stereocenters. The molecular weight excluding hydrogens is 432 g/mol. The molecule has 4 aromatic rings. The molecule has 2 fully saturated rings. The lowest BCUT2D eigenvalue weighted by molar-refractivity contribution is 0.0722. The molecule has 168 valence electrons. The Labute approximate surface area is 196 Å². The van der Waals surface area contributed by atoms with Crippen molar-refractivity contribution >= 4 is 28.7 Å². The molecule has 1 aliphatic heterocycles. The third-order valence-corrected chi connectivity index (χ3v) is 7.98. The van der Waals surface area contributed by atoms with Crippen LogP contribution in [0, 0.1) is 18.8 Å². The zero-order valence-corrected chi connectivity index (χ0v) is 19.6. The molecule has 0 bridgehead atoms. The number of likely N-dealkylation sites (tertiary alicyclic amines) is 1. The lowest BCUT2D eigenvalue weighted by Crippen LogP contribution is -2.40. The summed E-state index contributed by atoms with van der Waals surface area (Å²) in [6, 6.07) is 14.4. The van der Waals surface area contributed by atoms with Crippen LogP contribution < -0.4 is 0 Å². The maximum atomic E-state index is 13.8. The van der Waals surface area contributed by atoms with Gasteiger partial charge in [0.15, 0.2) is 5.16 Å². The highest BCUT2D eigenvalue weighted by Crippen LogP contribution is 2.51. The predicted molar refractivity (Wildman–Crippen MR) is 129 cm³/mol. The largest absolute Gasteiger partial charge is 0.334 e. The number of rotatable bonds is 6. The monoisotopic (exact) mass is 458 g/mol. The first-order valence-electron chi connectivity index (χ1n) is 11.5. The molecule has 8 heteroatoms. The topological polar surface area (TPSA) is 68.8 Å². The molecule has 3 heterocycles. The molecule has 1 amide bonds. The summed E-state index contributed by atoms with van der Waals surface area (Å²) in [4.78, 5) is 22.3. The smallest absolute Gasteiger partial charge is 0.256 e. The molecule has 1 saturated heterocycles. The number of carbonyl (C=O) groups is 1. The number of para-hydroxylation sites is 2. The summed E-state index contributed by atoms with van der Waals surface area (Å²) < 4.78 is 2.27. The molecule has 2 aliphatic rings. The molecule has 2 aromatic heterocycles. The third kappa shape index (κ3) is 3.53. The first-order valence-corrected chi connectivity index (χ1v) is 12.5. The minimum Gasteiger partial charge on any atom is -0.334 e. The van der Waals surface area contributed by atoms with Crippen molar-refractivity contribution < 1.29 is 4.79 Å². The first kappa shape index (κ1) is 20.5. The molecular formula is C25H26N6OS. The Hall–Kier alpha value is -3.13. The summed E-state index contributed by atoms with van der Waals surface area (Å²) in [5, 5.41) is 9.56. The summed E-state index contributed by atoms with van der Waals surface area (Å²) in [6.45, 7) is 5.88.